The summed E-state index contributed by atoms with van der Waals surface area (Å²) < 4.78 is 14.9. The lowest BCUT2D eigenvalue weighted by atomic mass is 10.0. The van der Waals surface area contributed by atoms with Crippen molar-refractivity contribution in [1.82, 2.24) is 14.8 Å². The fourth-order valence-corrected chi connectivity index (χ4v) is 2.53. The van der Waals surface area contributed by atoms with Crippen molar-refractivity contribution < 1.29 is 9.18 Å². The van der Waals surface area contributed by atoms with E-state index in [0.29, 0.717) is 11.5 Å². The van der Waals surface area contributed by atoms with Gasteiger partial charge in [0.25, 0.3) is 0 Å². The fourth-order valence-electron chi connectivity index (χ4n) is 2.53. The summed E-state index contributed by atoms with van der Waals surface area (Å²) in [5, 5.41) is 7.50. The minimum absolute atomic E-state index is 0.0936. The van der Waals surface area contributed by atoms with Crippen LogP contribution in [0.2, 0.25) is 0 Å². The molecular weight excluding hydrogens is 319 g/mol. The molecule has 0 spiro atoms. The van der Waals surface area contributed by atoms with Gasteiger partial charge < -0.3 is 5.32 Å². The maximum atomic E-state index is 13.3. The third kappa shape index (κ3) is 3.42. The molecule has 6 heteroatoms. The molecule has 0 saturated carbocycles. The van der Waals surface area contributed by atoms with Gasteiger partial charge in [-0.25, -0.2) is 4.39 Å². The SMILES string of the molecule is CC(C)C(=O)Nc1c(-c2ccncc2)c(-c2ccc(F)cc2)nn1C. The number of halogens is 1. The van der Waals surface area contributed by atoms with Crippen LogP contribution in [0.5, 0.6) is 0 Å². The van der Waals surface area contributed by atoms with E-state index in [9.17, 15) is 9.18 Å². The number of amides is 1. The lowest BCUT2D eigenvalue weighted by molar-refractivity contribution is -0.118. The number of rotatable bonds is 4. The summed E-state index contributed by atoms with van der Waals surface area (Å²) >= 11 is 0. The summed E-state index contributed by atoms with van der Waals surface area (Å²) in [6.45, 7) is 3.66. The molecule has 2 aromatic heterocycles. The van der Waals surface area contributed by atoms with Crippen LogP contribution in [0.25, 0.3) is 22.4 Å². The first-order valence-electron chi connectivity index (χ1n) is 8.01. The van der Waals surface area contributed by atoms with Gasteiger partial charge in [-0.2, -0.15) is 5.10 Å². The zero-order chi connectivity index (χ0) is 18.0. The third-order valence-electron chi connectivity index (χ3n) is 3.90. The maximum Gasteiger partial charge on any atom is 0.228 e. The molecule has 0 saturated heterocycles. The first-order valence-corrected chi connectivity index (χ1v) is 8.01. The van der Waals surface area contributed by atoms with Crippen LogP contribution in [-0.4, -0.2) is 20.7 Å². The van der Waals surface area contributed by atoms with Gasteiger partial charge >= 0.3 is 0 Å². The van der Waals surface area contributed by atoms with Crippen molar-refractivity contribution in [2.75, 3.05) is 5.32 Å². The molecule has 0 atom stereocenters. The smallest absolute Gasteiger partial charge is 0.228 e. The highest BCUT2D eigenvalue weighted by atomic mass is 19.1. The summed E-state index contributed by atoms with van der Waals surface area (Å²) in [5.41, 5.74) is 3.11. The van der Waals surface area contributed by atoms with Crippen molar-refractivity contribution in [2.45, 2.75) is 13.8 Å². The molecule has 3 rings (SSSR count). The van der Waals surface area contributed by atoms with Crippen LogP contribution in [0.1, 0.15) is 13.8 Å². The molecule has 5 nitrogen and oxygen atoms in total. The van der Waals surface area contributed by atoms with Crippen LogP contribution in [0.15, 0.2) is 48.8 Å². The molecule has 3 aromatic rings. The Bertz CT molecular complexity index is 886. The molecule has 0 unspecified atom stereocenters. The highest BCUT2D eigenvalue weighted by Crippen LogP contribution is 2.37. The molecule has 2 heterocycles. The van der Waals surface area contributed by atoms with Gasteiger partial charge in [0.2, 0.25) is 5.91 Å². The highest BCUT2D eigenvalue weighted by Gasteiger charge is 2.21. The topological polar surface area (TPSA) is 59.8 Å². The largest absolute Gasteiger partial charge is 0.310 e. The monoisotopic (exact) mass is 338 g/mol. The van der Waals surface area contributed by atoms with Crippen molar-refractivity contribution in [3.05, 3.63) is 54.6 Å². The minimum Gasteiger partial charge on any atom is -0.310 e. The van der Waals surface area contributed by atoms with Gasteiger partial charge in [0.05, 0.1) is 5.56 Å². The number of aryl methyl sites for hydroxylation is 1. The molecule has 0 aliphatic heterocycles. The molecule has 25 heavy (non-hydrogen) atoms. The van der Waals surface area contributed by atoms with E-state index < -0.39 is 0 Å². The molecular formula is C19H19FN4O. The normalized spacial score (nSPS) is 10.9. The van der Waals surface area contributed by atoms with Gasteiger partial charge in [-0.1, -0.05) is 13.8 Å². The molecule has 0 aliphatic rings. The number of pyridine rings is 1. The summed E-state index contributed by atoms with van der Waals surface area (Å²) in [6.07, 6.45) is 3.37. The average Bonchev–Trinajstić information content (AvgIpc) is 2.92. The number of anilines is 1. The number of nitrogens with one attached hydrogen (secondary N) is 1. The minimum atomic E-state index is -0.307. The quantitative estimate of drug-likeness (QED) is 0.785. The molecule has 1 N–H and O–H groups in total. The van der Waals surface area contributed by atoms with Crippen LogP contribution in [-0.2, 0) is 11.8 Å². The van der Waals surface area contributed by atoms with Crippen molar-refractivity contribution in [3.8, 4) is 22.4 Å². The molecule has 0 fully saturated rings. The Morgan fingerprint density at radius 3 is 2.32 bits per heavy atom. The van der Waals surface area contributed by atoms with E-state index in [2.05, 4.69) is 15.4 Å². The van der Waals surface area contributed by atoms with Crippen molar-refractivity contribution >= 4 is 11.7 Å². The van der Waals surface area contributed by atoms with Gasteiger partial charge in [0.1, 0.15) is 17.3 Å². The van der Waals surface area contributed by atoms with Gasteiger partial charge in [-0.05, 0) is 42.0 Å². The van der Waals surface area contributed by atoms with Gasteiger partial charge in [-0.3, -0.25) is 14.5 Å². The second-order valence-electron chi connectivity index (χ2n) is 6.08. The third-order valence-corrected chi connectivity index (χ3v) is 3.90. The Balaban J connectivity index is 2.19. The van der Waals surface area contributed by atoms with Crippen LogP contribution in [0.3, 0.4) is 0 Å². The van der Waals surface area contributed by atoms with Crippen LogP contribution < -0.4 is 5.32 Å². The second kappa shape index (κ2) is 6.84. The number of nitrogens with zero attached hydrogens (tertiary/aromatic N) is 3. The summed E-state index contributed by atoms with van der Waals surface area (Å²) in [5.74, 6) is 0.0427. The first kappa shape index (κ1) is 16.8. The standard InChI is InChI=1S/C19H19FN4O/c1-12(2)19(25)22-18-16(13-8-10-21-11-9-13)17(23-24(18)3)14-4-6-15(20)7-5-14/h4-12H,1-3H3,(H,22,25). The number of carbonyl (C=O) groups excluding carboxylic acids is 1. The van der Waals surface area contributed by atoms with E-state index in [0.717, 1.165) is 16.7 Å². The number of carbonyl (C=O) groups is 1. The number of hydrogen-bond donors (Lipinski definition) is 1. The van der Waals surface area contributed by atoms with E-state index in [4.69, 9.17) is 0 Å². The first-order chi connectivity index (χ1) is 12.0. The van der Waals surface area contributed by atoms with Crippen LogP contribution in [0.4, 0.5) is 10.2 Å². The molecule has 1 aromatic carbocycles. The lowest BCUT2D eigenvalue weighted by Crippen LogP contribution is -2.20. The maximum absolute atomic E-state index is 13.3. The van der Waals surface area contributed by atoms with Crippen LogP contribution in [0, 0.1) is 11.7 Å². The Kier molecular flexibility index (Phi) is 4.61. The predicted octanol–water partition coefficient (Wildman–Crippen LogP) is 3.88. The Morgan fingerprint density at radius 2 is 1.72 bits per heavy atom. The molecule has 0 aliphatic carbocycles. The van der Waals surface area contributed by atoms with Gasteiger partial charge in [0.15, 0.2) is 0 Å². The predicted molar refractivity (Wildman–Crippen MR) is 95.3 cm³/mol. The van der Waals surface area contributed by atoms with E-state index in [1.54, 1.807) is 36.3 Å². The van der Waals surface area contributed by atoms with Crippen molar-refractivity contribution in [1.29, 1.82) is 0 Å². The zero-order valence-electron chi connectivity index (χ0n) is 14.3. The van der Waals surface area contributed by atoms with Gasteiger partial charge in [-0.15, -0.1) is 0 Å². The molecule has 1 amide bonds. The average molecular weight is 338 g/mol. The molecule has 0 bridgehead atoms. The number of aromatic nitrogens is 3. The highest BCUT2D eigenvalue weighted by molar-refractivity contribution is 5.98. The zero-order valence-corrected chi connectivity index (χ0v) is 14.3. The summed E-state index contributed by atoms with van der Waals surface area (Å²) in [6, 6.07) is 9.86. The fraction of sp³-hybridized carbons (Fsp3) is 0.211. The van der Waals surface area contributed by atoms with Crippen molar-refractivity contribution in [3.63, 3.8) is 0 Å². The molecule has 0 radical (unpaired) electrons. The summed E-state index contributed by atoms with van der Waals surface area (Å²) in [7, 11) is 1.77. The van der Waals surface area contributed by atoms with Crippen LogP contribution >= 0.6 is 0 Å². The lowest BCUT2D eigenvalue weighted by Gasteiger charge is -2.11. The van der Waals surface area contributed by atoms with E-state index in [1.165, 1.54) is 12.1 Å². The second-order valence-corrected chi connectivity index (χ2v) is 6.08. The Morgan fingerprint density at radius 1 is 1.08 bits per heavy atom. The number of hydrogen-bond acceptors (Lipinski definition) is 3. The van der Waals surface area contributed by atoms with Crippen molar-refractivity contribution in [2.24, 2.45) is 13.0 Å². The van der Waals surface area contributed by atoms with E-state index in [1.807, 2.05) is 26.0 Å². The Hall–Kier alpha value is -3.02. The number of benzene rings is 1. The molecule has 128 valence electrons. The summed E-state index contributed by atoms with van der Waals surface area (Å²) in [4.78, 5) is 16.3. The Labute approximate surface area is 145 Å². The van der Waals surface area contributed by atoms with Gasteiger partial charge in [0, 0.05) is 30.9 Å². The van der Waals surface area contributed by atoms with E-state index in [-0.39, 0.29) is 17.6 Å². The van der Waals surface area contributed by atoms with E-state index >= 15 is 0 Å².